The van der Waals surface area contributed by atoms with Gasteiger partial charge in [0.15, 0.2) is 0 Å². The van der Waals surface area contributed by atoms with E-state index in [2.05, 4.69) is 21.6 Å². The molecule has 1 aliphatic heterocycles. The Balaban J connectivity index is 0.00000264. The molecule has 1 amide bonds. The summed E-state index contributed by atoms with van der Waals surface area (Å²) < 4.78 is 5.29. The molecule has 1 atom stereocenters. The molecule has 6 heteroatoms. The van der Waals surface area contributed by atoms with Crippen molar-refractivity contribution in [1.29, 1.82) is 0 Å². The zero-order valence-corrected chi connectivity index (χ0v) is 15.0. The largest absolute Gasteiger partial charge is 0.497 e. The van der Waals surface area contributed by atoms with Crippen LogP contribution in [-0.2, 0) is 4.79 Å². The molecule has 1 fully saturated rings. The topological polar surface area (TPSA) is 53.6 Å². The molecule has 130 valence electrons. The Labute approximate surface area is 145 Å². The average Bonchev–Trinajstić information content (AvgIpc) is 2.55. The van der Waals surface area contributed by atoms with Crippen LogP contribution < -0.4 is 15.4 Å². The minimum Gasteiger partial charge on any atom is -0.497 e. The summed E-state index contributed by atoms with van der Waals surface area (Å²) in [6, 6.07) is 8.16. The highest BCUT2D eigenvalue weighted by molar-refractivity contribution is 5.85. The van der Waals surface area contributed by atoms with Crippen LogP contribution >= 0.6 is 12.4 Å². The summed E-state index contributed by atoms with van der Waals surface area (Å²) in [5, 5.41) is 6.41. The van der Waals surface area contributed by atoms with E-state index in [0.29, 0.717) is 6.54 Å². The van der Waals surface area contributed by atoms with Crippen molar-refractivity contribution in [2.24, 2.45) is 5.92 Å². The van der Waals surface area contributed by atoms with E-state index < -0.39 is 0 Å². The molecule has 0 spiro atoms. The van der Waals surface area contributed by atoms with Gasteiger partial charge >= 0.3 is 0 Å². The number of methoxy groups -OCH3 is 1. The second-order valence-corrected chi connectivity index (χ2v) is 6.03. The number of hydrogen-bond donors (Lipinski definition) is 2. The van der Waals surface area contributed by atoms with Crippen LogP contribution in [0.2, 0.25) is 0 Å². The molecule has 0 aliphatic carbocycles. The van der Waals surface area contributed by atoms with E-state index in [-0.39, 0.29) is 30.3 Å². The number of carbonyl (C=O) groups excluding carboxylic acids is 1. The molecular formula is C17H28ClN3O2. The molecule has 1 aromatic rings. The van der Waals surface area contributed by atoms with E-state index in [1.54, 1.807) is 7.11 Å². The van der Waals surface area contributed by atoms with Gasteiger partial charge in [-0.05, 0) is 57.7 Å². The number of nitrogens with one attached hydrogen (secondary N) is 2. The Kier molecular flexibility index (Phi) is 8.37. The molecular weight excluding hydrogens is 314 g/mol. The second kappa shape index (κ2) is 9.75. The fourth-order valence-corrected chi connectivity index (χ4v) is 2.87. The average molecular weight is 342 g/mol. The Morgan fingerprint density at radius 1 is 1.39 bits per heavy atom. The molecule has 1 aliphatic rings. The van der Waals surface area contributed by atoms with Gasteiger partial charge in [-0.15, -0.1) is 12.4 Å². The Morgan fingerprint density at radius 2 is 2.09 bits per heavy atom. The van der Waals surface area contributed by atoms with Crippen molar-refractivity contribution in [2.75, 3.05) is 40.8 Å². The molecule has 0 saturated carbocycles. The summed E-state index contributed by atoms with van der Waals surface area (Å²) in [7, 11) is 5.73. The number of benzene rings is 1. The first-order chi connectivity index (χ1) is 10.6. The van der Waals surface area contributed by atoms with E-state index >= 15 is 0 Å². The van der Waals surface area contributed by atoms with Gasteiger partial charge in [-0.25, -0.2) is 0 Å². The predicted octanol–water partition coefficient (Wildman–Crippen LogP) is 1.84. The first-order valence-electron chi connectivity index (χ1n) is 7.90. The maximum Gasteiger partial charge on any atom is 0.223 e. The number of likely N-dealkylation sites (N-methyl/N-ethyl adjacent to an activating group) is 1. The molecule has 2 rings (SSSR count). The van der Waals surface area contributed by atoms with Crippen molar-refractivity contribution in [2.45, 2.75) is 18.9 Å². The standard InChI is InChI=1S/C17H27N3O2.ClH/c1-20(2)16(14-5-4-6-15(11-14)22-3)12-19-17(21)13-7-9-18-10-8-13;/h4-6,11,13,16,18H,7-10,12H2,1-3H3,(H,19,21);1H. The third-order valence-corrected chi connectivity index (χ3v) is 4.28. The monoisotopic (exact) mass is 341 g/mol. The molecule has 0 radical (unpaired) electrons. The predicted molar refractivity (Wildman–Crippen MR) is 95.3 cm³/mol. The molecule has 0 aromatic heterocycles. The van der Waals surface area contributed by atoms with Crippen molar-refractivity contribution < 1.29 is 9.53 Å². The summed E-state index contributed by atoms with van der Waals surface area (Å²) >= 11 is 0. The number of carbonyl (C=O) groups is 1. The van der Waals surface area contributed by atoms with Crippen LogP contribution in [0.25, 0.3) is 0 Å². The van der Waals surface area contributed by atoms with E-state index in [1.165, 1.54) is 0 Å². The molecule has 5 nitrogen and oxygen atoms in total. The SMILES string of the molecule is COc1cccc(C(CNC(=O)C2CCNCC2)N(C)C)c1.Cl. The fourth-order valence-electron chi connectivity index (χ4n) is 2.87. The van der Waals surface area contributed by atoms with Crippen LogP contribution in [0.4, 0.5) is 0 Å². The molecule has 1 saturated heterocycles. The van der Waals surface area contributed by atoms with Crippen LogP contribution in [0.5, 0.6) is 5.75 Å². The van der Waals surface area contributed by atoms with Gasteiger partial charge < -0.3 is 20.3 Å². The van der Waals surface area contributed by atoms with Gasteiger partial charge in [0, 0.05) is 12.5 Å². The van der Waals surface area contributed by atoms with E-state index in [0.717, 1.165) is 37.2 Å². The number of halogens is 1. The van der Waals surface area contributed by atoms with Crippen LogP contribution in [-0.4, -0.2) is 51.6 Å². The van der Waals surface area contributed by atoms with Gasteiger partial charge in [-0.3, -0.25) is 4.79 Å². The molecule has 23 heavy (non-hydrogen) atoms. The molecule has 1 aromatic carbocycles. The number of ether oxygens (including phenoxy) is 1. The van der Waals surface area contributed by atoms with Crippen LogP contribution in [0.3, 0.4) is 0 Å². The first kappa shape index (κ1) is 19.7. The lowest BCUT2D eigenvalue weighted by Crippen LogP contribution is -2.41. The minimum atomic E-state index is 0. The molecule has 1 unspecified atom stereocenters. The summed E-state index contributed by atoms with van der Waals surface area (Å²) in [5.41, 5.74) is 1.15. The van der Waals surface area contributed by atoms with Crippen molar-refractivity contribution in [1.82, 2.24) is 15.5 Å². The second-order valence-electron chi connectivity index (χ2n) is 6.03. The quantitative estimate of drug-likeness (QED) is 0.829. The van der Waals surface area contributed by atoms with E-state index in [1.807, 2.05) is 32.3 Å². The lowest BCUT2D eigenvalue weighted by atomic mass is 9.97. The fraction of sp³-hybridized carbons (Fsp3) is 0.588. The van der Waals surface area contributed by atoms with Crippen molar-refractivity contribution in [3.05, 3.63) is 29.8 Å². The normalized spacial score (nSPS) is 16.5. The van der Waals surface area contributed by atoms with E-state index in [4.69, 9.17) is 4.74 Å². The van der Waals surface area contributed by atoms with Gasteiger partial charge in [-0.1, -0.05) is 12.1 Å². The van der Waals surface area contributed by atoms with Gasteiger partial charge in [0.1, 0.15) is 5.75 Å². The highest BCUT2D eigenvalue weighted by Gasteiger charge is 2.22. The first-order valence-corrected chi connectivity index (χ1v) is 7.90. The van der Waals surface area contributed by atoms with E-state index in [9.17, 15) is 4.79 Å². The Hall–Kier alpha value is -1.30. The smallest absolute Gasteiger partial charge is 0.223 e. The van der Waals surface area contributed by atoms with Crippen molar-refractivity contribution in [3.8, 4) is 5.75 Å². The minimum absolute atomic E-state index is 0. The summed E-state index contributed by atoms with van der Waals surface area (Å²) in [6.07, 6.45) is 1.86. The highest BCUT2D eigenvalue weighted by Crippen LogP contribution is 2.22. The molecule has 1 heterocycles. The van der Waals surface area contributed by atoms with Gasteiger partial charge in [-0.2, -0.15) is 0 Å². The third-order valence-electron chi connectivity index (χ3n) is 4.28. The van der Waals surface area contributed by atoms with Gasteiger partial charge in [0.25, 0.3) is 0 Å². The number of nitrogens with zero attached hydrogens (tertiary/aromatic N) is 1. The molecule has 2 N–H and O–H groups in total. The van der Waals surface area contributed by atoms with Gasteiger partial charge in [0.2, 0.25) is 5.91 Å². The van der Waals surface area contributed by atoms with Crippen LogP contribution in [0.15, 0.2) is 24.3 Å². The lowest BCUT2D eigenvalue weighted by Gasteiger charge is -2.27. The lowest BCUT2D eigenvalue weighted by molar-refractivity contribution is -0.125. The zero-order chi connectivity index (χ0) is 15.9. The maximum absolute atomic E-state index is 12.3. The third kappa shape index (κ3) is 5.68. The Morgan fingerprint density at radius 3 is 2.70 bits per heavy atom. The number of piperidine rings is 1. The highest BCUT2D eigenvalue weighted by atomic mass is 35.5. The summed E-state index contributed by atoms with van der Waals surface area (Å²) in [4.78, 5) is 14.4. The van der Waals surface area contributed by atoms with Crippen molar-refractivity contribution in [3.63, 3.8) is 0 Å². The number of rotatable bonds is 6. The Bertz CT molecular complexity index is 490. The maximum atomic E-state index is 12.3. The number of amides is 1. The molecule has 0 bridgehead atoms. The summed E-state index contributed by atoms with van der Waals surface area (Å²) in [5.74, 6) is 1.17. The summed E-state index contributed by atoms with van der Waals surface area (Å²) in [6.45, 7) is 2.49. The van der Waals surface area contributed by atoms with Crippen LogP contribution in [0, 0.1) is 5.92 Å². The van der Waals surface area contributed by atoms with Crippen molar-refractivity contribution >= 4 is 18.3 Å². The van der Waals surface area contributed by atoms with Gasteiger partial charge in [0.05, 0.1) is 13.2 Å². The zero-order valence-electron chi connectivity index (χ0n) is 14.2. The van der Waals surface area contributed by atoms with Crippen LogP contribution in [0.1, 0.15) is 24.4 Å². The number of hydrogen-bond acceptors (Lipinski definition) is 4.